The first-order chi connectivity index (χ1) is 10.6. The van der Waals surface area contributed by atoms with Crippen molar-refractivity contribution >= 4 is 11.6 Å². The molecule has 0 aromatic heterocycles. The predicted molar refractivity (Wildman–Crippen MR) is 83.6 cm³/mol. The Hall–Kier alpha value is -2.36. The number of fused-ring (bicyclic) bond motifs is 1. The van der Waals surface area contributed by atoms with Crippen LogP contribution in [0.4, 0.5) is 10.1 Å². The third-order valence-corrected chi connectivity index (χ3v) is 3.90. The first-order valence-electron chi connectivity index (χ1n) is 7.39. The number of rotatable bonds is 3. The molecular formula is C18H18FNO2. The number of amides is 1. The van der Waals surface area contributed by atoms with Crippen LogP contribution in [0.1, 0.15) is 19.4 Å². The Morgan fingerprint density at radius 2 is 2.00 bits per heavy atom. The van der Waals surface area contributed by atoms with Gasteiger partial charge in [0.25, 0.3) is 5.91 Å². The predicted octanol–water partition coefficient (Wildman–Crippen LogP) is 3.57. The zero-order valence-corrected chi connectivity index (χ0v) is 12.6. The zero-order chi connectivity index (χ0) is 15.7. The second kappa shape index (κ2) is 5.79. The molecule has 2 aromatic carbocycles. The fraction of sp³-hybridized carbons (Fsp3) is 0.278. The molecule has 0 spiro atoms. The van der Waals surface area contributed by atoms with E-state index in [0.29, 0.717) is 11.4 Å². The number of ether oxygens (including phenoxy) is 1. The first kappa shape index (κ1) is 14.6. The molecule has 1 heterocycles. The van der Waals surface area contributed by atoms with Gasteiger partial charge in [-0.25, -0.2) is 4.39 Å². The lowest BCUT2D eigenvalue weighted by molar-refractivity contribution is -0.124. The smallest absolute Gasteiger partial charge is 0.268 e. The van der Waals surface area contributed by atoms with E-state index in [1.165, 1.54) is 12.1 Å². The molecule has 22 heavy (non-hydrogen) atoms. The van der Waals surface area contributed by atoms with Gasteiger partial charge in [-0.3, -0.25) is 4.79 Å². The van der Waals surface area contributed by atoms with Gasteiger partial charge in [-0.1, -0.05) is 24.3 Å². The molecule has 3 nitrogen and oxygen atoms in total. The lowest BCUT2D eigenvalue weighted by atomic mass is 10.1. The van der Waals surface area contributed by atoms with Gasteiger partial charge in [0, 0.05) is 6.04 Å². The van der Waals surface area contributed by atoms with E-state index < -0.39 is 6.10 Å². The van der Waals surface area contributed by atoms with E-state index in [-0.39, 0.29) is 17.8 Å². The highest BCUT2D eigenvalue weighted by molar-refractivity contribution is 5.99. The molecule has 4 heteroatoms. The highest BCUT2D eigenvalue weighted by atomic mass is 19.1. The molecule has 2 aromatic rings. The Morgan fingerprint density at radius 1 is 1.27 bits per heavy atom. The number of para-hydroxylation sites is 1. The zero-order valence-electron chi connectivity index (χ0n) is 12.6. The van der Waals surface area contributed by atoms with Gasteiger partial charge in [0.2, 0.25) is 0 Å². The molecule has 2 atom stereocenters. The van der Waals surface area contributed by atoms with E-state index in [1.54, 1.807) is 17.9 Å². The Kier molecular flexibility index (Phi) is 3.84. The van der Waals surface area contributed by atoms with Gasteiger partial charge < -0.3 is 9.64 Å². The van der Waals surface area contributed by atoms with Gasteiger partial charge in [-0.2, -0.15) is 0 Å². The van der Waals surface area contributed by atoms with Crippen LogP contribution in [0.25, 0.3) is 0 Å². The quantitative estimate of drug-likeness (QED) is 0.867. The standard InChI is InChI=1S/C18H18FNO2/c1-12-10-14-8-9-15(19)11-17(14)20(12)18(21)13(2)22-16-6-4-3-5-7-16/h3-9,11-13H,10H2,1-2H3/t12?,13-/m1/s1. The van der Waals surface area contributed by atoms with Crippen molar-refractivity contribution in [2.24, 2.45) is 0 Å². The molecule has 1 unspecified atom stereocenters. The molecule has 1 aliphatic rings. The molecule has 1 amide bonds. The Labute approximate surface area is 129 Å². The summed E-state index contributed by atoms with van der Waals surface area (Å²) in [7, 11) is 0. The van der Waals surface area contributed by atoms with Crippen LogP contribution in [-0.2, 0) is 11.2 Å². The minimum atomic E-state index is -0.626. The van der Waals surface area contributed by atoms with Crippen LogP contribution in [0.15, 0.2) is 48.5 Å². The van der Waals surface area contributed by atoms with Crippen LogP contribution in [0, 0.1) is 5.82 Å². The summed E-state index contributed by atoms with van der Waals surface area (Å²) in [6.07, 6.45) is 0.110. The molecule has 1 aliphatic heterocycles. The summed E-state index contributed by atoms with van der Waals surface area (Å²) in [5.41, 5.74) is 1.65. The summed E-state index contributed by atoms with van der Waals surface area (Å²) >= 11 is 0. The van der Waals surface area contributed by atoms with Crippen molar-refractivity contribution in [2.45, 2.75) is 32.4 Å². The third kappa shape index (κ3) is 2.69. The monoisotopic (exact) mass is 299 g/mol. The number of carbonyl (C=O) groups excluding carboxylic acids is 1. The molecule has 0 saturated heterocycles. The fourth-order valence-electron chi connectivity index (χ4n) is 2.87. The molecule has 0 fully saturated rings. The molecule has 114 valence electrons. The van der Waals surface area contributed by atoms with Gasteiger partial charge in [0.1, 0.15) is 11.6 Å². The van der Waals surface area contributed by atoms with Crippen LogP contribution < -0.4 is 9.64 Å². The van der Waals surface area contributed by atoms with Crippen molar-refractivity contribution in [3.8, 4) is 5.75 Å². The van der Waals surface area contributed by atoms with Crippen LogP contribution in [0.2, 0.25) is 0 Å². The van der Waals surface area contributed by atoms with Gasteiger partial charge >= 0.3 is 0 Å². The lowest BCUT2D eigenvalue weighted by Gasteiger charge is -2.26. The molecule has 0 N–H and O–H groups in total. The number of hydrogen-bond donors (Lipinski definition) is 0. The van der Waals surface area contributed by atoms with E-state index >= 15 is 0 Å². The molecule has 0 radical (unpaired) electrons. The number of nitrogens with zero attached hydrogens (tertiary/aromatic N) is 1. The summed E-state index contributed by atoms with van der Waals surface area (Å²) in [6.45, 7) is 3.68. The number of carbonyl (C=O) groups is 1. The maximum absolute atomic E-state index is 13.5. The largest absolute Gasteiger partial charge is 0.481 e. The number of benzene rings is 2. The van der Waals surface area contributed by atoms with Crippen LogP contribution in [0.5, 0.6) is 5.75 Å². The maximum Gasteiger partial charge on any atom is 0.268 e. The van der Waals surface area contributed by atoms with Crippen LogP contribution in [-0.4, -0.2) is 18.1 Å². The van der Waals surface area contributed by atoms with Crippen molar-refractivity contribution in [1.29, 1.82) is 0 Å². The normalized spacial score (nSPS) is 18.0. The number of anilines is 1. The van der Waals surface area contributed by atoms with Gasteiger partial charge in [-0.05, 0) is 50.1 Å². The van der Waals surface area contributed by atoms with Crippen molar-refractivity contribution < 1.29 is 13.9 Å². The van der Waals surface area contributed by atoms with Crippen molar-refractivity contribution in [2.75, 3.05) is 4.90 Å². The number of hydrogen-bond acceptors (Lipinski definition) is 2. The Bertz CT molecular complexity index is 687. The first-order valence-corrected chi connectivity index (χ1v) is 7.39. The minimum absolute atomic E-state index is 0.00567. The summed E-state index contributed by atoms with van der Waals surface area (Å²) < 4.78 is 19.2. The Balaban J connectivity index is 1.82. The van der Waals surface area contributed by atoms with Gasteiger partial charge in [-0.15, -0.1) is 0 Å². The SMILES string of the molecule is CC1Cc2ccc(F)cc2N1C(=O)[C@@H](C)Oc1ccccc1. The fourth-order valence-corrected chi connectivity index (χ4v) is 2.87. The van der Waals surface area contributed by atoms with Crippen molar-refractivity contribution in [3.05, 3.63) is 59.9 Å². The number of halogens is 1. The van der Waals surface area contributed by atoms with Gasteiger partial charge in [0.05, 0.1) is 5.69 Å². The highest BCUT2D eigenvalue weighted by Crippen LogP contribution is 2.33. The van der Waals surface area contributed by atoms with Crippen molar-refractivity contribution in [1.82, 2.24) is 0 Å². The van der Waals surface area contributed by atoms with E-state index in [9.17, 15) is 9.18 Å². The molecule has 3 rings (SSSR count). The molecule has 0 bridgehead atoms. The molecule has 0 aliphatic carbocycles. The minimum Gasteiger partial charge on any atom is -0.481 e. The summed E-state index contributed by atoms with van der Waals surface area (Å²) in [4.78, 5) is 14.4. The van der Waals surface area contributed by atoms with Crippen LogP contribution >= 0.6 is 0 Å². The topological polar surface area (TPSA) is 29.5 Å². The van der Waals surface area contributed by atoms with E-state index in [1.807, 2.05) is 37.3 Å². The third-order valence-electron chi connectivity index (χ3n) is 3.90. The average molecular weight is 299 g/mol. The summed E-state index contributed by atoms with van der Waals surface area (Å²) in [5.74, 6) is 0.164. The van der Waals surface area contributed by atoms with E-state index in [4.69, 9.17) is 4.74 Å². The molecule has 0 saturated carbocycles. The lowest BCUT2D eigenvalue weighted by Crippen LogP contribution is -2.43. The van der Waals surface area contributed by atoms with Crippen LogP contribution in [0.3, 0.4) is 0 Å². The van der Waals surface area contributed by atoms with E-state index in [2.05, 4.69) is 0 Å². The second-order valence-electron chi connectivity index (χ2n) is 5.61. The maximum atomic E-state index is 13.5. The summed E-state index contributed by atoms with van der Waals surface area (Å²) in [5, 5.41) is 0. The molecular weight excluding hydrogens is 281 g/mol. The average Bonchev–Trinajstić information content (AvgIpc) is 2.82. The second-order valence-corrected chi connectivity index (χ2v) is 5.61. The van der Waals surface area contributed by atoms with E-state index in [0.717, 1.165) is 12.0 Å². The highest BCUT2D eigenvalue weighted by Gasteiger charge is 2.34. The Morgan fingerprint density at radius 3 is 2.73 bits per heavy atom. The van der Waals surface area contributed by atoms with Crippen molar-refractivity contribution in [3.63, 3.8) is 0 Å². The van der Waals surface area contributed by atoms with Gasteiger partial charge in [0.15, 0.2) is 6.10 Å². The summed E-state index contributed by atoms with van der Waals surface area (Å²) in [6, 6.07) is 13.8.